The zero-order valence-electron chi connectivity index (χ0n) is 9.38. The lowest BCUT2D eigenvalue weighted by atomic mass is 10.1. The molecule has 0 atom stereocenters. The van der Waals surface area contributed by atoms with Gasteiger partial charge in [-0.3, -0.25) is 4.79 Å². The third-order valence-corrected chi connectivity index (χ3v) is 3.34. The van der Waals surface area contributed by atoms with E-state index in [2.05, 4.69) is 41.3 Å². The van der Waals surface area contributed by atoms with Gasteiger partial charge in [0.15, 0.2) is 0 Å². The molecule has 18 heavy (non-hydrogen) atoms. The van der Waals surface area contributed by atoms with Crippen LogP contribution in [0.4, 0.5) is 8.78 Å². The predicted octanol–water partition coefficient (Wildman–Crippen LogP) is 3.66. The molecule has 0 aliphatic carbocycles. The molecule has 0 aliphatic rings. The maximum atomic E-state index is 12.3. The van der Waals surface area contributed by atoms with Crippen molar-refractivity contribution in [2.45, 2.75) is 18.4 Å². The summed E-state index contributed by atoms with van der Waals surface area (Å²) in [7, 11) is 1.24. The van der Waals surface area contributed by atoms with Crippen LogP contribution >= 0.6 is 31.9 Å². The fraction of sp³-hybridized carbons (Fsp3) is 0.364. The van der Waals surface area contributed by atoms with Crippen molar-refractivity contribution in [2.75, 3.05) is 7.11 Å². The maximum absolute atomic E-state index is 12.3. The number of hydrogen-bond acceptors (Lipinski definition) is 3. The van der Waals surface area contributed by atoms with E-state index in [9.17, 15) is 13.6 Å². The summed E-state index contributed by atoms with van der Waals surface area (Å²) in [5, 5.41) is 0.536. The van der Waals surface area contributed by atoms with Gasteiger partial charge in [-0.1, -0.05) is 22.0 Å². The van der Waals surface area contributed by atoms with Crippen LogP contribution in [0.5, 0.6) is 5.75 Å². The lowest BCUT2D eigenvalue weighted by Crippen LogP contribution is -2.10. The Balaban J connectivity index is 3.15. The summed E-state index contributed by atoms with van der Waals surface area (Å²) in [5.41, 5.74) is 1.19. The number of alkyl halides is 3. The first-order valence-corrected chi connectivity index (χ1v) is 6.78. The second-order valence-electron chi connectivity index (χ2n) is 3.33. The highest BCUT2D eigenvalue weighted by atomic mass is 79.9. The molecular formula is C11H10Br2F2O3. The molecule has 1 aromatic carbocycles. The normalized spacial score (nSPS) is 10.6. The van der Waals surface area contributed by atoms with Crippen LogP contribution in [0.15, 0.2) is 16.6 Å². The molecule has 0 heterocycles. The standard InChI is InChI=1S/C11H10Br2F2O3/c1-17-9(16)4-7-2-6(5-12)3-8(13)10(7)18-11(14)15/h2-3,11H,4-5H2,1H3. The minimum atomic E-state index is -2.95. The van der Waals surface area contributed by atoms with Crippen LogP contribution in [0.3, 0.4) is 0 Å². The molecule has 0 N–H and O–H groups in total. The first kappa shape index (κ1) is 15.4. The molecule has 0 fully saturated rings. The summed E-state index contributed by atoms with van der Waals surface area (Å²) in [6.45, 7) is -2.95. The monoisotopic (exact) mass is 386 g/mol. The molecule has 1 aromatic rings. The number of carbonyl (C=O) groups is 1. The summed E-state index contributed by atoms with van der Waals surface area (Å²) in [6, 6.07) is 3.27. The van der Waals surface area contributed by atoms with Crippen LogP contribution in [0, 0.1) is 0 Å². The molecule has 0 bridgehead atoms. The molecule has 7 heteroatoms. The van der Waals surface area contributed by atoms with Gasteiger partial charge >= 0.3 is 12.6 Å². The van der Waals surface area contributed by atoms with Crippen molar-refractivity contribution in [3.8, 4) is 5.75 Å². The molecule has 0 aliphatic heterocycles. The van der Waals surface area contributed by atoms with Crippen molar-refractivity contribution >= 4 is 37.8 Å². The number of esters is 1. The number of benzene rings is 1. The largest absolute Gasteiger partial charge is 0.469 e. The van der Waals surface area contributed by atoms with E-state index in [1.165, 1.54) is 7.11 Å². The Morgan fingerprint density at radius 3 is 2.61 bits per heavy atom. The molecule has 100 valence electrons. The molecular weight excluding hydrogens is 378 g/mol. The van der Waals surface area contributed by atoms with E-state index in [0.29, 0.717) is 15.4 Å². The summed E-state index contributed by atoms with van der Waals surface area (Å²) in [5.74, 6) is -0.562. The first-order chi connectivity index (χ1) is 8.47. The Morgan fingerprint density at radius 2 is 2.11 bits per heavy atom. The molecule has 0 unspecified atom stereocenters. The van der Waals surface area contributed by atoms with Crippen LogP contribution in [-0.2, 0) is 21.3 Å². The van der Waals surface area contributed by atoms with Gasteiger partial charge in [-0.2, -0.15) is 8.78 Å². The predicted molar refractivity (Wildman–Crippen MR) is 69.1 cm³/mol. The second-order valence-corrected chi connectivity index (χ2v) is 4.75. The lowest BCUT2D eigenvalue weighted by molar-refractivity contribution is -0.139. The number of carbonyl (C=O) groups excluding carboxylic acids is 1. The van der Waals surface area contributed by atoms with Crippen molar-refractivity contribution in [1.82, 2.24) is 0 Å². The van der Waals surface area contributed by atoms with Crippen molar-refractivity contribution in [2.24, 2.45) is 0 Å². The van der Waals surface area contributed by atoms with Crippen molar-refractivity contribution in [1.29, 1.82) is 0 Å². The molecule has 1 rings (SSSR count). The summed E-state index contributed by atoms with van der Waals surface area (Å²) < 4.78 is 33.9. The number of ether oxygens (including phenoxy) is 2. The van der Waals surface area contributed by atoms with Crippen molar-refractivity contribution < 1.29 is 23.0 Å². The fourth-order valence-electron chi connectivity index (χ4n) is 1.37. The fourth-order valence-corrected chi connectivity index (χ4v) is 2.34. The minimum Gasteiger partial charge on any atom is -0.469 e. The van der Waals surface area contributed by atoms with Crippen LogP contribution < -0.4 is 4.74 Å². The van der Waals surface area contributed by atoms with Crippen LogP contribution in [0.25, 0.3) is 0 Å². The van der Waals surface area contributed by atoms with Gasteiger partial charge < -0.3 is 9.47 Å². The van der Waals surface area contributed by atoms with Crippen molar-refractivity contribution in [3.05, 3.63) is 27.7 Å². The smallest absolute Gasteiger partial charge is 0.387 e. The number of methoxy groups -OCH3 is 1. The highest BCUT2D eigenvalue weighted by Gasteiger charge is 2.17. The molecule has 0 spiro atoms. The minimum absolute atomic E-state index is 0.0416. The van der Waals surface area contributed by atoms with E-state index in [1.54, 1.807) is 12.1 Å². The Morgan fingerprint density at radius 1 is 1.44 bits per heavy atom. The summed E-state index contributed by atoms with van der Waals surface area (Å²) in [6.07, 6.45) is -0.127. The zero-order valence-corrected chi connectivity index (χ0v) is 12.6. The van der Waals surface area contributed by atoms with Gasteiger partial charge in [-0.25, -0.2) is 0 Å². The van der Waals surface area contributed by atoms with Crippen molar-refractivity contribution in [3.63, 3.8) is 0 Å². The van der Waals surface area contributed by atoms with E-state index in [4.69, 9.17) is 0 Å². The molecule has 0 radical (unpaired) electrons. The Labute approximate surface area is 120 Å². The first-order valence-electron chi connectivity index (χ1n) is 4.86. The number of halogens is 4. The van der Waals surface area contributed by atoms with E-state index >= 15 is 0 Å². The highest BCUT2D eigenvalue weighted by molar-refractivity contribution is 9.10. The molecule has 0 aromatic heterocycles. The van der Waals surface area contributed by atoms with Gasteiger partial charge in [0.25, 0.3) is 0 Å². The Hall–Kier alpha value is -0.690. The second kappa shape index (κ2) is 7.04. The topological polar surface area (TPSA) is 35.5 Å². The SMILES string of the molecule is COC(=O)Cc1cc(CBr)cc(Br)c1OC(F)F. The van der Waals surface area contributed by atoms with Crippen LogP contribution in [-0.4, -0.2) is 19.7 Å². The molecule has 0 saturated carbocycles. The summed E-state index contributed by atoms with van der Waals surface area (Å²) in [4.78, 5) is 11.2. The van der Waals surface area contributed by atoms with Gasteiger partial charge in [0.2, 0.25) is 0 Å². The lowest BCUT2D eigenvalue weighted by Gasteiger charge is -2.13. The number of rotatable bonds is 5. The molecule has 0 saturated heterocycles. The van der Waals surface area contributed by atoms with Gasteiger partial charge in [-0.05, 0) is 27.6 Å². The van der Waals surface area contributed by atoms with Crippen LogP contribution in [0.1, 0.15) is 11.1 Å². The third-order valence-electron chi connectivity index (χ3n) is 2.10. The van der Waals surface area contributed by atoms with E-state index < -0.39 is 12.6 Å². The highest BCUT2D eigenvalue weighted by Crippen LogP contribution is 2.33. The Kier molecular flexibility index (Phi) is 6.01. The van der Waals surface area contributed by atoms with Crippen LogP contribution in [0.2, 0.25) is 0 Å². The van der Waals surface area contributed by atoms with E-state index in [0.717, 1.165) is 5.56 Å². The summed E-state index contributed by atoms with van der Waals surface area (Å²) >= 11 is 6.41. The number of hydrogen-bond donors (Lipinski definition) is 0. The Bertz CT molecular complexity index is 439. The van der Waals surface area contributed by atoms with Gasteiger partial charge in [0.05, 0.1) is 18.0 Å². The zero-order chi connectivity index (χ0) is 13.7. The molecule has 0 amide bonds. The maximum Gasteiger partial charge on any atom is 0.387 e. The average molecular weight is 388 g/mol. The third kappa shape index (κ3) is 4.20. The quantitative estimate of drug-likeness (QED) is 0.571. The van der Waals surface area contributed by atoms with Gasteiger partial charge in [0.1, 0.15) is 5.75 Å². The van der Waals surface area contributed by atoms with E-state index in [-0.39, 0.29) is 12.2 Å². The molecule has 3 nitrogen and oxygen atoms in total. The van der Waals surface area contributed by atoms with Gasteiger partial charge in [0, 0.05) is 10.9 Å². The van der Waals surface area contributed by atoms with E-state index in [1.807, 2.05) is 0 Å². The average Bonchev–Trinajstić information content (AvgIpc) is 2.32. The van der Waals surface area contributed by atoms with Gasteiger partial charge in [-0.15, -0.1) is 0 Å².